The van der Waals surface area contributed by atoms with Gasteiger partial charge in [0.2, 0.25) is 12.4 Å². The number of ether oxygens (including phenoxy) is 1. The molecule has 6 rings (SSSR count). The Morgan fingerprint density at radius 1 is 1.13 bits per heavy atom. The number of aryl methyl sites for hydroxylation is 1. The van der Waals surface area contributed by atoms with E-state index >= 15 is 0 Å². The molecule has 0 radical (unpaired) electrons. The first-order chi connectivity index (χ1) is 21.9. The van der Waals surface area contributed by atoms with E-state index in [0.717, 1.165) is 52.4 Å². The highest BCUT2D eigenvalue weighted by molar-refractivity contribution is 5.81. The number of methoxy groups -OCH3 is 1. The number of anilines is 1. The number of nitrogens with zero attached hydrogens (tertiary/aromatic N) is 7. The largest absolute Gasteiger partial charge is 0.383 e. The van der Waals surface area contributed by atoms with Gasteiger partial charge in [-0.2, -0.15) is 19.7 Å². The normalized spacial score (nSPS) is 13.8. The molecule has 0 saturated carbocycles. The fourth-order valence-electron chi connectivity index (χ4n) is 4.43. The molecule has 2 N–H and O–H groups in total. The monoisotopic (exact) mass is 615 g/mol. The van der Waals surface area contributed by atoms with Crippen LogP contribution in [0.15, 0.2) is 73.2 Å². The number of pyridine rings is 2. The Hall–Kier alpha value is -5.16. The fraction of sp³-hybridized carbons (Fsp3) is 0.281. The first kappa shape index (κ1) is 34.3. The Labute approximate surface area is 262 Å². The molecular formula is C32H38FN9O3. The van der Waals surface area contributed by atoms with Crippen LogP contribution < -0.4 is 10.6 Å². The van der Waals surface area contributed by atoms with E-state index in [0.29, 0.717) is 19.6 Å². The van der Waals surface area contributed by atoms with Crippen molar-refractivity contribution >= 4 is 23.3 Å². The molecule has 1 atom stereocenters. The molecule has 1 saturated heterocycles. The summed E-state index contributed by atoms with van der Waals surface area (Å²) in [4.78, 5) is 23.2. The minimum absolute atomic E-state index is 0.124. The zero-order valence-corrected chi connectivity index (χ0v) is 25.8. The molecule has 12 nitrogen and oxygen atoms in total. The lowest BCUT2D eigenvalue weighted by Gasteiger charge is -2.12. The predicted molar refractivity (Wildman–Crippen MR) is 172 cm³/mol. The maximum atomic E-state index is 11.8. The van der Waals surface area contributed by atoms with Crippen molar-refractivity contribution in [2.24, 2.45) is 7.05 Å². The molecule has 1 unspecified atom stereocenters. The van der Waals surface area contributed by atoms with Gasteiger partial charge < -0.3 is 15.4 Å². The summed E-state index contributed by atoms with van der Waals surface area (Å²) in [6.07, 6.45) is 13.8. The molecule has 1 aliphatic heterocycles. The predicted octanol–water partition coefficient (Wildman–Crippen LogP) is 3.64. The molecule has 0 bridgehead atoms. The molecule has 13 heteroatoms. The zero-order chi connectivity index (χ0) is 32.6. The van der Waals surface area contributed by atoms with Crippen molar-refractivity contribution < 1.29 is 18.8 Å². The van der Waals surface area contributed by atoms with Crippen molar-refractivity contribution in [3.63, 3.8) is 0 Å². The second-order valence-corrected chi connectivity index (χ2v) is 9.54. The average molecular weight is 616 g/mol. The number of carbonyl (C=O) groups excluding carboxylic acids is 1. The van der Waals surface area contributed by atoms with Crippen LogP contribution in [0.25, 0.3) is 28.0 Å². The van der Waals surface area contributed by atoms with E-state index in [9.17, 15) is 9.18 Å². The van der Waals surface area contributed by atoms with Gasteiger partial charge in [0.15, 0.2) is 5.65 Å². The van der Waals surface area contributed by atoms with Crippen molar-refractivity contribution in [1.82, 2.24) is 39.9 Å². The van der Waals surface area contributed by atoms with Gasteiger partial charge in [0.25, 0.3) is 0 Å². The smallest absolute Gasteiger partial charge is 0.212 e. The highest BCUT2D eigenvalue weighted by atomic mass is 19.1. The summed E-state index contributed by atoms with van der Waals surface area (Å²) in [7, 11) is 5.45. The van der Waals surface area contributed by atoms with Crippen molar-refractivity contribution in [3.8, 4) is 29.8 Å². The maximum absolute atomic E-state index is 11.8. The minimum atomic E-state index is -0.428. The van der Waals surface area contributed by atoms with E-state index < -0.39 is 5.95 Å². The molecule has 5 aromatic rings. The van der Waals surface area contributed by atoms with Gasteiger partial charge in [-0.3, -0.25) is 14.3 Å². The summed E-state index contributed by atoms with van der Waals surface area (Å²) in [5.74, 6) is 0.546. The number of fused-ring (bicyclic) bond motifs is 1. The quantitative estimate of drug-likeness (QED) is 0.153. The molecule has 45 heavy (non-hydrogen) atoms. The van der Waals surface area contributed by atoms with Gasteiger partial charge in [-0.25, -0.2) is 14.6 Å². The summed E-state index contributed by atoms with van der Waals surface area (Å²) in [6.45, 7) is 4.76. The van der Waals surface area contributed by atoms with E-state index in [2.05, 4.69) is 51.5 Å². The molecular weight excluding hydrogens is 577 g/mol. The van der Waals surface area contributed by atoms with Gasteiger partial charge in [0.1, 0.15) is 5.82 Å². The summed E-state index contributed by atoms with van der Waals surface area (Å²) >= 11 is 0. The standard InChI is InChI=1S/C18H18N6.C7H14N2O3.C5H4FN.C2H2/c1-12-16(13-9-14-11-21-23(3)18(14)20-10-13)22-24(17(12)19-2)15-7-5-4-6-8-15;1-11-3-2-9-4-7(5-12-9)8-6-10;6-5-3-1-2-4-7-5;1-2/h4-11,19H,1-3H3;6-7H,2-5H2,1H3,(H,8,10);1-4H;1-2H. The number of hydrogen-bond donors (Lipinski definition) is 2. The molecule has 0 spiro atoms. The number of hydrogen-bond acceptors (Lipinski definition) is 9. The van der Waals surface area contributed by atoms with Gasteiger partial charge in [0, 0.05) is 63.2 Å². The number of para-hydroxylation sites is 1. The Morgan fingerprint density at radius 2 is 1.89 bits per heavy atom. The van der Waals surface area contributed by atoms with E-state index in [1.807, 2.05) is 61.5 Å². The summed E-state index contributed by atoms with van der Waals surface area (Å²) in [5.41, 5.74) is 4.88. The van der Waals surface area contributed by atoms with Crippen LogP contribution in [0, 0.1) is 25.7 Å². The molecule has 236 valence electrons. The number of aromatic nitrogens is 6. The maximum Gasteiger partial charge on any atom is 0.212 e. The number of rotatable bonds is 8. The van der Waals surface area contributed by atoms with Crippen LogP contribution in [0.3, 0.4) is 0 Å². The SMILES string of the molecule is C#C.CNc1c(C)c(-c2cnc3c(cnn3C)c2)nn1-c1ccccc1.COCCN1CC(NC=O)CO1.Fc1ccccn1. The molecule has 4 aromatic heterocycles. The van der Waals surface area contributed by atoms with E-state index in [1.54, 1.807) is 29.0 Å². The fourth-order valence-corrected chi connectivity index (χ4v) is 4.43. The second kappa shape index (κ2) is 17.8. The highest BCUT2D eigenvalue weighted by Crippen LogP contribution is 2.31. The number of carbonyl (C=O) groups is 1. The number of amides is 1. The Morgan fingerprint density at radius 3 is 2.51 bits per heavy atom. The van der Waals surface area contributed by atoms with Crippen molar-refractivity contribution in [3.05, 3.63) is 84.7 Å². The third kappa shape index (κ3) is 9.41. The molecule has 5 heterocycles. The summed E-state index contributed by atoms with van der Waals surface area (Å²) < 4.78 is 20.4. The molecule has 1 aliphatic rings. The lowest BCUT2D eigenvalue weighted by Crippen LogP contribution is -2.33. The topological polar surface area (TPSA) is 124 Å². The number of terminal acetylenes is 1. The Bertz CT molecular complexity index is 1620. The van der Waals surface area contributed by atoms with Crippen LogP contribution in [-0.2, 0) is 21.4 Å². The first-order valence-corrected chi connectivity index (χ1v) is 14.0. The third-order valence-corrected chi connectivity index (χ3v) is 6.56. The third-order valence-electron chi connectivity index (χ3n) is 6.56. The second-order valence-electron chi connectivity index (χ2n) is 9.54. The lowest BCUT2D eigenvalue weighted by atomic mass is 10.1. The summed E-state index contributed by atoms with van der Waals surface area (Å²) in [5, 5.41) is 17.8. The van der Waals surface area contributed by atoms with Gasteiger partial charge in [-0.15, -0.1) is 12.8 Å². The van der Waals surface area contributed by atoms with Crippen molar-refractivity contribution in [2.45, 2.75) is 13.0 Å². The van der Waals surface area contributed by atoms with E-state index in [1.165, 1.54) is 12.3 Å². The lowest BCUT2D eigenvalue weighted by molar-refractivity contribution is -0.118. The van der Waals surface area contributed by atoms with Crippen LogP contribution in [0.1, 0.15) is 5.56 Å². The van der Waals surface area contributed by atoms with Gasteiger partial charge >= 0.3 is 0 Å². The summed E-state index contributed by atoms with van der Waals surface area (Å²) in [6, 6.07) is 16.9. The van der Waals surface area contributed by atoms with Crippen LogP contribution in [0.4, 0.5) is 10.2 Å². The molecule has 0 aliphatic carbocycles. The number of halogens is 1. The molecule has 1 aromatic carbocycles. The number of nitrogens with one attached hydrogen (secondary N) is 2. The van der Waals surface area contributed by atoms with Gasteiger partial charge in [-0.05, 0) is 37.3 Å². The Balaban J connectivity index is 0.000000218. The van der Waals surface area contributed by atoms with Gasteiger partial charge in [0.05, 0.1) is 36.8 Å². The zero-order valence-electron chi connectivity index (χ0n) is 25.8. The van der Waals surface area contributed by atoms with Crippen molar-refractivity contribution in [1.29, 1.82) is 0 Å². The van der Waals surface area contributed by atoms with E-state index in [-0.39, 0.29) is 6.04 Å². The average Bonchev–Trinajstić information content (AvgIpc) is 3.79. The van der Waals surface area contributed by atoms with Crippen LogP contribution >= 0.6 is 0 Å². The van der Waals surface area contributed by atoms with Crippen LogP contribution in [0.5, 0.6) is 0 Å². The number of benzene rings is 1. The minimum Gasteiger partial charge on any atom is -0.383 e. The number of hydroxylamine groups is 2. The van der Waals surface area contributed by atoms with Crippen molar-refractivity contribution in [2.75, 3.05) is 45.8 Å². The van der Waals surface area contributed by atoms with Crippen LogP contribution in [-0.4, -0.2) is 87.5 Å². The van der Waals surface area contributed by atoms with Crippen LogP contribution in [0.2, 0.25) is 0 Å². The molecule has 1 amide bonds. The van der Waals surface area contributed by atoms with E-state index in [4.69, 9.17) is 14.7 Å². The first-order valence-electron chi connectivity index (χ1n) is 14.0. The highest BCUT2D eigenvalue weighted by Gasteiger charge is 2.22. The molecule has 1 fully saturated rings. The van der Waals surface area contributed by atoms with Gasteiger partial charge in [-0.1, -0.05) is 24.3 Å². The Kier molecular flexibility index (Phi) is 13.6.